The smallest absolute Gasteiger partial charge is 0.261 e. The molecular formula is C16H26N2O2S. The average Bonchev–Trinajstić information content (AvgIpc) is 2.47. The average molecular weight is 310 g/mol. The zero-order valence-electron chi connectivity index (χ0n) is 13.5. The van der Waals surface area contributed by atoms with Crippen LogP contribution in [0.5, 0.6) is 5.75 Å². The lowest BCUT2D eigenvalue weighted by Gasteiger charge is -2.34. The highest BCUT2D eigenvalue weighted by Gasteiger charge is 2.30. The highest BCUT2D eigenvalue weighted by atomic mass is 32.2. The van der Waals surface area contributed by atoms with Crippen molar-refractivity contribution in [3.8, 4) is 5.75 Å². The van der Waals surface area contributed by atoms with E-state index in [-0.39, 0.29) is 11.8 Å². The van der Waals surface area contributed by atoms with Crippen molar-refractivity contribution < 1.29 is 9.53 Å². The molecule has 0 heterocycles. The Morgan fingerprint density at radius 3 is 2.33 bits per heavy atom. The molecule has 0 aliphatic carbocycles. The summed E-state index contributed by atoms with van der Waals surface area (Å²) in [5.74, 6) is 0.791. The molecule has 1 aromatic rings. The van der Waals surface area contributed by atoms with Crippen molar-refractivity contribution >= 4 is 17.7 Å². The molecule has 0 fully saturated rings. The monoisotopic (exact) mass is 310 g/mol. The lowest BCUT2D eigenvalue weighted by atomic mass is 9.88. The second-order valence-corrected chi connectivity index (χ2v) is 6.58. The van der Waals surface area contributed by atoms with E-state index in [2.05, 4.69) is 5.32 Å². The molecule has 4 nitrogen and oxygen atoms in total. The molecule has 1 aromatic carbocycles. The number of amides is 1. The van der Waals surface area contributed by atoms with Crippen LogP contribution in [0.3, 0.4) is 0 Å². The van der Waals surface area contributed by atoms with Crippen LogP contribution in [-0.2, 0) is 4.79 Å². The zero-order chi connectivity index (χ0) is 16.0. The van der Waals surface area contributed by atoms with E-state index in [1.54, 1.807) is 18.7 Å². The Bertz CT molecular complexity index is 462. The van der Waals surface area contributed by atoms with E-state index >= 15 is 0 Å². The molecule has 2 unspecified atom stereocenters. The van der Waals surface area contributed by atoms with E-state index in [1.165, 1.54) is 0 Å². The number of rotatable bonds is 7. The molecule has 118 valence electrons. The number of ether oxygens (including phenoxy) is 1. The highest BCUT2D eigenvalue weighted by molar-refractivity contribution is 7.98. The number of carbonyl (C=O) groups is 1. The predicted octanol–water partition coefficient (Wildman–Crippen LogP) is 2.67. The van der Waals surface area contributed by atoms with Crippen LogP contribution >= 0.6 is 11.8 Å². The Kier molecular flexibility index (Phi) is 6.55. The number of nitrogens with one attached hydrogen (secondary N) is 1. The van der Waals surface area contributed by atoms with Crippen LogP contribution in [0.25, 0.3) is 0 Å². The molecule has 0 aliphatic rings. The maximum absolute atomic E-state index is 12.3. The van der Waals surface area contributed by atoms with E-state index in [0.717, 1.165) is 4.90 Å². The minimum absolute atomic E-state index is 0.148. The number of hydrogen-bond acceptors (Lipinski definition) is 4. The fourth-order valence-electron chi connectivity index (χ4n) is 1.73. The first-order valence-corrected chi connectivity index (χ1v) is 8.37. The van der Waals surface area contributed by atoms with Gasteiger partial charge in [-0.05, 0) is 50.3 Å². The van der Waals surface area contributed by atoms with Crippen LogP contribution in [0, 0.1) is 5.92 Å². The number of nitrogens with two attached hydrogens (primary N) is 1. The molecule has 0 aliphatic heterocycles. The summed E-state index contributed by atoms with van der Waals surface area (Å²) in [6, 6.07) is 7.70. The number of thioether (sulfide) groups is 1. The van der Waals surface area contributed by atoms with Crippen LogP contribution in [0.4, 0.5) is 0 Å². The van der Waals surface area contributed by atoms with Crippen molar-refractivity contribution in [2.75, 3.05) is 12.8 Å². The van der Waals surface area contributed by atoms with E-state index in [1.807, 2.05) is 51.3 Å². The lowest BCUT2D eigenvalue weighted by Crippen LogP contribution is -2.57. The minimum Gasteiger partial charge on any atom is -0.481 e. The molecule has 1 rings (SSSR count). The third-order valence-electron chi connectivity index (χ3n) is 3.85. The molecule has 2 atom stereocenters. The quantitative estimate of drug-likeness (QED) is 0.760. The van der Waals surface area contributed by atoms with Gasteiger partial charge in [0.1, 0.15) is 5.75 Å². The zero-order valence-corrected chi connectivity index (χ0v) is 14.3. The van der Waals surface area contributed by atoms with Crippen LogP contribution in [-0.4, -0.2) is 30.4 Å². The van der Waals surface area contributed by atoms with E-state index in [9.17, 15) is 4.79 Å². The van der Waals surface area contributed by atoms with Crippen LogP contribution < -0.4 is 15.8 Å². The second-order valence-electron chi connectivity index (χ2n) is 5.70. The van der Waals surface area contributed by atoms with Gasteiger partial charge in [-0.2, -0.15) is 0 Å². The second kappa shape index (κ2) is 7.71. The molecule has 3 N–H and O–H groups in total. The number of benzene rings is 1. The van der Waals surface area contributed by atoms with Crippen molar-refractivity contribution in [1.29, 1.82) is 0 Å². The van der Waals surface area contributed by atoms with E-state index in [4.69, 9.17) is 10.5 Å². The summed E-state index contributed by atoms with van der Waals surface area (Å²) in [6.45, 7) is 8.18. The molecule has 0 spiro atoms. The Balaban J connectivity index is 2.65. The fraction of sp³-hybridized carbons (Fsp3) is 0.562. The number of hydrogen-bond donors (Lipinski definition) is 2. The third kappa shape index (κ3) is 4.93. The van der Waals surface area contributed by atoms with Gasteiger partial charge >= 0.3 is 0 Å². The van der Waals surface area contributed by atoms with Gasteiger partial charge in [0.15, 0.2) is 6.10 Å². The summed E-state index contributed by atoms with van der Waals surface area (Å²) in [4.78, 5) is 13.4. The van der Waals surface area contributed by atoms with Crippen molar-refractivity contribution in [3.05, 3.63) is 24.3 Å². The van der Waals surface area contributed by atoms with E-state index < -0.39 is 11.6 Å². The summed E-state index contributed by atoms with van der Waals surface area (Å²) in [5.41, 5.74) is 5.36. The molecule has 0 saturated heterocycles. The summed E-state index contributed by atoms with van der Waals surface area (Å²) in [6.07, 6.45) is 1.46. The van der Waals surface area contributed by atoms with Gasteiger partial charge in [-0.1, -0.05) is 13.8 Å². The number of carbonyl (C=O) groups excluding carboxylic acids is 1. The predicted molar refractivity (Wildman–Crippen MR) is 88.8 cm³/mol. The fourth-order valence-corrected chi connectivity index (χ4v) is 2.13. The van der Waals surface area contributed by atoms with Gasteiger partial charge in [-0.15, -0.1) is 11.8 Å². The first-order valence-electron chi connectivity index (χ1n) is 7.15. The SMILES string of the molecule is CSc1ccc(OC(C)C(=O)NC(C)(CN)C(C)C)cc1. The van der Waals surface area contributed by atoms with Gasteiger partial charge in [0.25, 0.3) is 5.91 Å². The van der Waals surface area contributed by atoms with Gasteiger partial charge in [-0.3, -0.25) is 4.79 Å². The molecule has 1 amide bonds. The minimum atomic E-state index is -0.560. The van der Waals surface area contributed by atoms with Gasteiger partial charge in [0.2, 0.25) is 0 Å². The van der Waals surface area contributed by atoms with Crippen molar-refractivity contribution in [2.45, 2.75) is 44.2 Å². The molecule has 5 heteroatoms. The Morgan fingerprint density at radius 2 is 1.90 bits per heavy atom. The summed E-state index contributed by atoms with van der Waals surface area (Å²) < 4.78 is 5.68. The summed E-state index contributed by atoms with van der Waals surface area (Å²) in [5, 5.41) is 2.99. The topological polar surface area (TPSA) is 64.3 Å². The van der Waals surface area contributed by atoms with Gasteiger partial charge in [-0.25, -0.2) is 0 Å². The van der Waals surface area contributed by atoms with Crippen LogP contribution in [0.2, 0.25) is 0 Å². The van der Waals surface area contributed by atoms with Gasteiger partial charge < -0.3 is 15.8 Å². The summed E-state index contributed by atoms with van der Waals surface area (Å²) >= 11 is 1.67. The first-order chi connectivity index (χ1) is 9.82. The highest BCUT2D eigenvalue weighted by Crippen LogP contribution is 2.20. The van der Waals surface area contributed by atoms with Crippen LogP contribution in [0.1, 0.15) is 27.7 Å². The Morgan fingerprint density at radius 1 is 1.33 bits per heavy atom. The van der Waals surface area contributed by atoms with Gasteiger partial charge in [0.05, 0.1) is 5.54 Å². The van der Waals surface area contributed by atoms with Gasteiger partial charge in [0, 0.05) is 11.4 Å². The molecule has 0 radical (unpaired) electrons. The standard InChI is InChI=1S/C16H26N2O2S/c1-11(2)16(4,10-17)18-15(19)12(3)20-13-6-8-14(21-5)9-7-13/h6-9,11-12H,10,17H2,1-5H3,(H,18,19). The molecule has 0 bridgehead atoms. The summed E-state index contributed by atoms with van der Waals surface area (Å²) in [7, 11) is 0. The van der Waals surface area contributed by atoms with Crippen molar-refractivity contribution in [3.63, 3.8) is 0 Å². The van der Waals surface area contributed by atoms with Crippen molar-refractivity contribution in [2.24, 2.45) is 11.7 Å². The van der Waals surface area contributed by atoms with E-state index in [0.29, 0.717) is 12.3 Å². The first kappa shape index (κ1) is 17.9. The molecular weight excluding hydrogens is 284 g/mol. The molecule has 21 heavy (non-hydrogen) atoms. The molecule has 0 aromatic heterocycles. The lowest BCUT2D eigenvalue weighted by molar-refractivity contribution is -0.129. The maximum atomic E-state index is 12.3. The Labute approximate surface area is 131 Å². The third-order valence-corrected chi connectivity index (χ3v) is 4.59. The van der Waals surface area contributed by atoms with Crippen molar-refractivity contribution in [1.82, 2.24) is 5.32 Å². The maximum Gasteiger partial charge on any atom is 0.261 e. The molecule has 0 saturated carbocycles. The largest absolute Gasteiger partial charge is 0.481 e. The normalized spacial score (nSPS) is 15.4. The Hall–Kier alpha value is -1.20. The van der Waals surface area contributed by atoms with Crippen LogP contribution in [0.15, 0.2) is 29.2 Å².